The molecule has 1 aliphatic carbocycles. The Bertz CT molecular complexity index is 1510. The highest BCUT2D eigenvalue weighted by molar-refractivity contribution is 9.10. The van der Waals surface area contributed by atoms with Gasteiger partial charge < -0.3 is 0 Å². The smallest absolute Gasteiger partial charge is 0.267 e. The van der Waals surface area contributed by atoms with E-state index in [0.717, 1.165) is 45.2 Å². The molecule has 4 aromatic rings. The van der Waals surface area contributed by atoms with Crippen molar-refractivity contribution in [3.8, 4) is 5.69 Å². The molecule has 2 aromatic carbocycles. The number of aromatic nitrogens is 2. The summed E-state index contributed by atoms with van der Waals surface area (Å²) in [7, 11) is 0. The molecule has 0 bridgehead atoms. The molecule has 5 rings (SSSR count). The van der Waals surface area contributed by atoms with E-state index in [1.54, 1.807) is 15.9 Å². The molecule has 1 unspecified atom stereocenters. The van der Waals surface area contributed by atoms with Crippen molar-refractivity contribution in [3.63, 3.8) is 0 Å². The van der Waals surface area contributed by atoms with Gasteiger partial charge in [-0.3, -0.25) is 14.2 Å². The number of hydrogen-bond acceptors (Lipinski definition) is 5. The number of thioether (sulfide) groups is 1. The zero-order valence-electron chi connectivity index (χ0n) is 20.9. The van der Waals surface area contributed by atoms with Crippen molar-refractivity contribution in [3.05, 3.63) is 84.9 Å². The Labute approximate surface area is 228 Å². The van der Waals surface area contributed by atoms with Crippen LogP contribution in [0, 0.1) is 18.3 Å². The first-order valence-corrected chi connectivity index (χ1v) is 14.8. The van der Waals surface area contributed by atoms with E-state index in [-0.39, 0.29) is 22.5 Å². The first-order chi connectivity index (χ1) is 17.1. The van der Waals surface area contributed by atoms with Crippen LogP contribution in [0.2, 0.25) is 0 Å². The molecule has 0 saturated carbocycles. The van der Waals surface area contributed by atoms with Gasteiger partial charge >= 0.3 is 0 Å². The molecule has 0 amide bonds. The molecule has 186 valence electrons. The van der Waals surface area contributed by atoms with Gasteiger partial charge in [-0.2, -0.15) is 0 Å². The second-order valence-electron chi connectivity index (χ2n) is 10.5. The van der Waals surface area contributed by atoms with Gasteiger partial charge in [-0.1, -0.05) is 78.8 Å². The van der Waals surface area contributed by atoms with Crippen LogP contribution in [0.25, 0.3) is 15.9 Å². The van der Waals surface area contributed by atoms with Crippen LogP contribution in [0.1, 0.15) is 53.6 Å². The van der Waals surface area contributed by atoms with E-state index in [2.05, 4.69) is 36.7 Å². The third-order valence-corrected chi connectivity index (χ3v) is 9.75. The number of thiophene rings is 1. The number of nitrogens with zero attached hydrogens (tertiary/aromatic N) is 2. The van der Waals surface area contributed by atoms with Crippen LogP contribution in [0.15, 0.2) is 63.0 Å². The van der Waals surface area contributed by atoms with Crippen molar-refractivity contribution in [1.82, 2.24) is 9.55 Å². The second kappa shape index (κ2) is 9.92. The van der Waals surface area contributed by atoms with E-state index in [0.29, 0.717) is 16.6 Å². The van der Waals surface area contributed by atoms with E-state index < -0.39 is 0 Å². The SMILES string of the molecule is Cc1ccccc1-n1c(SCC(=O)c2ccc(Br)cc2)nc2sc3c(c2c1=O)CCC(C(C)(C)C)C3. The van der Waals surface area contributed by atoms with Crippen molar-refractivity contribution in [2.45, 2.75) is 52.1 Å². The van der Waals surface area contributed by atoms with Gasteiger partial charge in [0, 0.05) is 14.9 Å². The fourth-order valence-corrected chi connectivity index (χ4v) is 7.42. The number of ketones is 1. The molecule has 0 saturated heterocycles. The Morgan fingerprint density at radius 1 is 1.17 bits per heavy atom. The van der Waals surface area contributed by atoms with Gasteiger partial charge in [0.15, 0.2) is 10.9 Å². The average molecular weight is 582 g/mol. The van der Waals surface area contributed by atoms with Crippen LogP contribution < -0.4 is 5.56 Å². The molecule has 2 aromatic heterocycles. The van der Waals surface area contributed by atoms with Gasteiger partial charge in [-0.25, -0.2) is 4.98 Å². The van der Waals surface area contributed by atoms with Crippen molar-refractivity contribution in [2.75, 3.05) is 5.75 Å². The molecule has 0 aliphatic heterocycles. The predicted octanol–water partition coefficient (Wildman–Crippen LogP) is 7.64. The number of carbonyl (C=O) groups excluding carboxylic acids is 1. The maximum atomic E-state index is 14.1. The summed E-state index contributed by atoms with van der Waals surface area (Å²) in [5, 5.41) is 1.33. The summed E-state index contributed by atoms with van der Waals surface area (Å²) in [4.78, 5) is 34.1. The first-order valence-electron chi connectivity index (χ1n) is 12.2. The normalized spacial score (nSPS) is 15.8. The van der Waals surface area contributed by atoms with Crippen molar-refractivity contribution in [1.29, 1.82) is 0 Å². The number of hydrogen-bond donors (Lipinski definition) is 0. The highest BCUT2D eigenvalue weighted by Crippen LogP contribution is 2.42. The quantitative estimate of drug-likeness (QED) is 0.138. The van der Waals surface area contributed by atoms with Gasteiger partial charge in [0.05, 0.1) is 16.8 Å². The summed E-state index contributed by atoms with van der Waals surface area (Å²) in [5.41, 5.74) is 3.85. The minimum atomic E-state index is -0.0281. The van der Waals surface area contributed by atoms with Crippen LogP contribution in [0.4, 0.5) is 0 Å². The van der Waals surface area contributed by atoms with Gasteiger partial charge in [0.1, 0.15) is 4.83 Å². The largest absolute Gasteiger partial charge is 0.293 e. The molecular weight excluding hydrogens is 552 g/mol. The van der Waals surface area contributed by atoms with Crippen LogP contribution in [0.3, 0.4) is 0 Å². The zero-order valence-corrected chi connectivity index (χ0v) is 24.1. The minimum absolute atomic E-state index is 0.0108. The number of carbonyl (C=O) groups is 1. The summed E-state index contributed by atoms with van der Waals surface area (Å²) < 4.78 is 2.66. The number of para-hydroxylation sites is 1. The van der Waals surface area contributed by atoms with E-state index in [9.17, 15) is 9.59 Å². The van der Waals surface area contributed by atoms with Crippen molar-refractivity contribution in [2.24, 2.45) is 11.3 Å². The molecule has 7 heteroatoms. The standard InChI is InChI=1S/C29H29BrN2O2S2/c1-17-7-5-6-8-22(17)32-27(34)25-21-14-11-19(29(2,3)4)15-24(21)36-26(25)31-28(32)35-16-23(33)18-9-12-20(30)13-10-18/h5-10,12-13,19H,11,14-16H2,1-4H3. The summed E-state index contributed by atoms with van der Waals surface area (Å²) in [5.74, 6) is 0.813. The average Bonchev–Trinajstić information content (AvgIpc) is 3.21. The van der Waals surface area contributed by atoms with Gasteiger partial charge in [-0.15, -0.1) is 11.3 Å². The molecule has 4 nitrogen and oxygen atoms in total. The lowest BCUT2D eigenvalue weighted by atomic mass is 9.72. The zero-order chi connectivity index (χ0) is 25.6. The third-order valence-electron chi connectivity index (χ3n) is 7.13. The summed E-state index contributed by atoms with van der Waals surface area (Å²) in [6, 6.07) is 15.2. The molecule has 0 spiro atoms. The number of fused-ring (bicyclic) bond motifs is 3. The summed E-state index contributed by atoms with van der Waals surface area (Å²) in [6.45, 7) is 8.91. The number of Topliss-reactive ketones (excluding diaryl/α,β-unsaturated/α-hetero) is 1. The Morgan fingerprint density at radius 3 is 2.58 bits per heavy atom. The fourth-order valence-electron chi connectivity index (χ4n) is 4.92. The molecule has 0 radical (unpaired) electrons. The molecule has 1 aliphatic rings. The highest BCUT2D eigenvalue weighted by Gasteiger charge is 2.32. The Morgan fingerprint density at radius 2 is 1.89 bits per heavy atom. The number of aryl methyl sites for hydroxylation is 2. The number of benzene rings is 2. The van der Waals surface area contributed by atoms with E-state index in [4.69, 9.17) is 4.98 Å². The van der Waals surface area contributed by atoms with Crippen LogP contribution >= 0.6 is 39.0 Å². The molecule has 36 heavy (non-hydrogen) atoms. The Balaban J connectivity index is 1.60. The molecular formula is C29H29BrN2O2S2. The maximum absolute atomic E-state index is 14.1. The third kappa shape index (κ3) is 4.85. The molecule has 0 N–H and O–H groups in total. The van der Waals surface area contributed by atoms with Crippen molar-refractivity contribution < 1.29 is 4.79 Å². The lowest BCUT2D eigenvalue weighted by molar-refractivity contribution is 0.102. The summed E-state index contributed by atoms with van der Waals surface area (Å²) in [6.07, 6.45) is 3.00. The highest BCUT2D eigenvalue weighted by atomic mass is 79.9. The summed E-state index contributed by atoms with van der Waals surface area (Å²) >= 11 is 6.41. The maximum Gasteiger partial charge on any atom is 0.267 e. The van der Waals surface area contributed by atoms with E-state index in [1.807, 2.05) is 55.5 Å². The van der Waals surface area contributed by atoms with E-state index >= 15 is 0 Å². The fraction of sp³-hybridized carbons (Fsp3) is 0.345. The van der Waals surface area contributed by atoms with Crippen LogP contribution in [-0.4, -0.2) is 21.1 Å². The van der Waals surface area contributed by atoms with Crippen molar-refractivity contribution >= 4 is 55.0 Å². The Hall–Kier alpha value is -2.22. The van der Waals surface area contributed by atoms with Gasteiger partial charge in [0.25, 0.3) is 5.56 Å². The predicted molar refractivity (Wildman–Crippen MR) is 154 cm³/mol. The Kier molecular flexibility index (Phi) is 7.01. The minimum Gasteiger partial charge on any atom is -0.293 e. The van der Waals surface area contributed by atoms with Gasteiger partial charge in [-0.05, 0) is 66.8 Å². The van der Waals surface area contributed by atoms with Gasteiger partial charge in [0.2, 0.25) is 0 Å². The topological polar surface area (TPSA) is 52.0 Å². The molecule has 1 atom stereocenters. The lowest BCUT2D eigenvalue weighted by Gasteiger charge is -2.33. The van der Waals surface area contributed by atoms with E-state index in [1.165, 1.54) is 22.2 Å². The second-order valence-corrected chi connectivity index (χ2v) is 13.5. The first kappa shape index (κ1) is 25.4. The monoisotopic (exact) mass is 580 g/mol. The molecule has 0 fully saturated rings. The number of halogens is 1. The number of rotatable bonds is 5. The molecule has 2 heterocycles. The van der Waals surface area contributed by atoms with Crippen LogP contribution in [0.5, 0.6) is 0 Å². The lowest BCUT2D eigenvalue weighted by Crippen LogP contribution is -2.27. The van der Waals surface area contributed by atoms with Crippen LogP contribution in [-0.2, 0) is 12.8 Å².